The number of rotatable bonds is 8. The molecular weight excluding hydrogens is 172 g/mol. The third-order valence-corrected chi connectivity index (χ3v) is 2.64. The predicted octanol–water partition coefficient (Wildman–Crippen LogP) is 2.35. The molecular formula is C12H28N2. The van der Waals surface area contributed by atoms with Gasteiger partial charge in [-0.1, -0.05) is 33.6 Å². The molecule has 2 heteroatoms. The second-order valence-corrected chi connectivity index (χ2v) is 4.75. The minimum absolute atomic E-state index is 0.704. The Bertz CT molecular complexity index is 121. The summed E-state index contributed by atoms with van der Waals surface area (Å²) in [6.45, 7) is 9.12. The van der Waals surface area contributed by atoms with Gasteiger partial charge in [0, 0.05) is 19.1 Å². The van der Waals surface area contributed by atoms with Crippen molar-refractivity contribution in [3.8, 4) is 0 Å². The minimum Gasteiger partial charge on any atom is -0.312 e. The highest BCUT2D eigenvalue weighted by molar-refractivity contribution is 4.70. The Balaban J connectivity index is 3.62. The fourth-order valence-corrected chi connectivity index (χ4v) is 1.57. The van der Waals surface area contributed by atoms with Gasteiger partial charge in [0.1, 0.15) is 0 Å². The summed E-state index contributed by atoms with van der Waals surface area (Å²) >= 11 is 0. The quantitative estimate of drug-likeness (QED) is 0.647. The average molecular weight is 200 g/mol. The monoisotopic (exact) mass is 200 g/mol. The lowest BCUT2D eigenvalue weighted by Gasteiger charge is -2.23. The molecule has 0 aromatic rings. The fourth-order valence-electron chi connectivity index (χ4n) is 1.57. The van der Waals surface area contributed by atoms with Crippen LogP contribution in [0.25, 0.3) is 0 Å². The molecule has 0 spiro atoms. The summed E-state index contributed by atoms with van der Waals surface area (Å²) in [6.07, 6.45) is 3.97. The Labute approximate surface area is 90.1 Å². The van der Waals surface area contributed by atoms with E-state index in [1.54, 1.807) is 0 Å². The second-order valence-electron chi connectivity index (χ2n) is 4.75. The minimum atomic E-state index is 0.704. The van der Waals surface area contributed by atoms with Gasteiger partial charge in [0.15, 0.2) is 0 Å². The number of hydrogen-bond acceptors (Lipinski definition) is 2. The van der Waals surface area contributed by atoms with Crippen molar-refractivity contribution in [2.24, 2.45) is 5.92 Å². The molecule has 0 saturated heterocycles. The highest BCUT2D eigenvalue weighted by Gasteiger charge is 2.11. The van der Waals surface area contributed by atoms with Crippen LogP contribution in [-0.4, -0.2) is 38.1 Å². The Hall–Kier alpha value is -0.0800. The van der Waals surface area contributed by atoms with Gasteiger partial charge in [-0.15, -0.1) is 0 Å². The smallest absolute Gasteiger partial charge is 0.0101 e. The molecule has 0 heterocycles. The Kier molecular flexibility index (Phi) is 8.20. The van der Waals surface area contributed by atoms with E-state index in [0.29, 0.717) is 6.04 Å². The lowest BCUT2D eigenvalue weighted by atomic mass is 9.98. The van der Waals surface area contributed by atoms with Crippen molar-refractivity contribution < 1.29 is 0 Å². The Morgan fingerprint density at radius 3 is 2.29 bits per heavy atom. The number of nitrogens with zero attached hydrogens (tertiary/aromatic N) is 1. The molecule has 2 nitrogen and oxygen atoms in total. The number of hydrogen-bond donors (Lipinski definition) is 1. The zero-order chi connectivity index (χ0) is 11.0. The van der Waals surface area contributed by atoms with Crippen molar-refractivity contribution >= 4 is 0 Å². The van der Waals surface area contributed by atoms with Crippen molar-refractivity contribution in [3.05, 3.63) is 0 Å². The van der Waals surface area contributed by atoms with E-state index in [9.17, 15) is 0 Å². The molecule has 1 atom stereocenters. The van der Waals surface area contributed by atoms with Crippen LogP contribution < -0.4 is 5.32 Å². The summed E-state index contributed by atoms with van der Waals surface area (Å²) < 4.78 is 0. The van der Waals surface area contributed by atoms with E-state index in [2.05, 4.69) is 45.1 Å². The van der Waals surface area contributed by atoms with Crippen molar-refractivity contribution in [1.29, 1.82) is 0 Å². The summed E-state index contributed by atoms with van der Waals surface area (Å²) in [5, 5.41) is 3.64. The van der Waals surface area contributed by atoms with Gasteiger partial charge in [-0.25, -0.2) is 0 Å². The summed E-state index contributed by atoms with van der Waals surface area (Å²) in [4.78, 5) is 2.23. The first kappa shape index (κ1) is 13.9. The van der Waals surface area contributed by atoms with Crippen LogP contribution in [0.4, 0.5) is 0 Å². The molecule has 0 aliphatic heterocycles. The van der Waals surface area contributed by atoms with Gasteiger partial charge in [-0.05, 0) is 26.4 Å². The number of likely N-dealkylation sites (N-methyl/N-ethyl adjacent to an activating group) is 1. The molecule has 0 aromatic heterocycles. The van der Waals surface area contributed by atoms with E-state index in [-0.39, 0.29) is 0 Å². The normalized spacial score (nSPS) is 13.9. The van der Waals surface area contributed by atoms with Gasteiger partial charge in [0.25, 0.3) is 0 Å². The maximum Gasteiger partial charge on any atom is 0.0101 e. The van der Waals surface area contributed by atoms with E-state index in [1.165, 1.54) is 19.3 Å². The van der Waals surface area contributed by atoms with E-state index < -0.39 is 0 Å². The molecule has 86 valence electrons. The standard InChI is InChI=1S/C12H28N2/c1-6-7-8-12(11(2)3)13-9-10-14(4)5/h11-13H,6-10H2,1-5H3. The SMILES string of the molecule is CCCCC(NCCN(C)C)C(C)C. The van der Waals surface area contributed by atoms with Crippen LogP contribution in [0.5, 0.6) is 0 Å². The average Bonchev–Trinajstić information content (AvgIpc) is 2.09. The van der Waals surface area contributed by atoms with Crippen molar-refractivity contribution in [2.75, 3.05) is 27.2 Å². The van der Waals surface area contributed by atoms with Crippen LogP contribution in [0.1, 0.15) is 40.0 Å². The summed E-state index contributed by atoms with van der Waals surface area (Å²) in [5.74, 6) is 0.753. The second kappa shape index (κ2) is 8.25. The van der Waals surface area contributed by atoms with Gasteiger partial charge in [-0.3, -0.25) is 0 Å². The van der Waals surface area contributed by atoms with Gasteiger partial charge in [0.2, 0.25) is 0 Å². The molecule has 14 heavy (non-hydrogen) atoms. The van der Waals surface area contributed by atoms with Gasteiger partial charge in [0.05, 0.1) is 0 Å². The zero-order valence-electron chi connectivity index (χ0n) is 10.6. The van der Waals surface area contributed by atoms with E-state index in [0.717, 1.165) is 19.0 Å². The lowest BCUT2D eigenvalue weighted by molar-refractivity contribution is 0.334. The predicted molar refractivity (Wildman–Crippen MR) is 64.7 cm³/mol. The fraction of sp³-hybridized carbons (Fsp3) is 1.00. The molecule has 0 aliphatic carbocycles. The Morgan fingerprint density at radius 1 is 1.21 bits per heavy atom. The lowest BCUT2D eigenvalue weighted by Crippen LogP contribution is -2.38. The maximum atomic E-state index is 3.64. The molecule has 0 aromatic carbocycles. The zero-order valence-corrected chi connectivity index (χ0v) is 10.6. The summed E-state index contributed by atoms with van der Waals surface area (Å²) in [7, 11) is 4.25. The van der Waals surface area contributed by atoms with Crippen LogP contribution in [0.15, 0.2) is 0 Å². The van der Waals surface area contributed by atoms with Crippen LogP contribution in [-0.2, 0) is 0 Å². The highest BCUT2D eigenvalue weighted by atomic mass is 15.1. The molecule has 0 fully saturated rings. The molecule has 0 bridgehead atoms. The molecule has 0 amide bonds. The topological polar surface area (TPSA) is 15.3 Å². The molecule has 0 aliphatic rings. The summed E-state index contributed by atoms with van der Waals surface area (Å²) in [6, 6.07) is 0.704. The van der Waals surface area contributed by atoms with Crippen molar-refractivity contribution in [1.82, 2.24) is 10.2 Å². The number of nitrogens with one attached hydrogen (secondary N) is 1. The molecule has 0 saturated carbocycles. The van der Waals surface area contributed by atoms with E-state index >= 15 is 0 Å². The van der Waals surface area contributed by atoms with Gasteiger partial charge >= 0.3 is 0 Å². The van der Waals surface area contributed by atoms with Gasteiger partial charge < -0.3 is 10.2 Å². The first-order valence-corrected chi connectivity index (χ1v) is 5.96. The largest absolute Gasteiger partial charge is 0.312 e. The molecule has 1 N–H and O–H groups in total. The van der Waals surface area contributed by atoms with Crippen LogP contribution in [0.2, 0.25) is 0 Å². The summed E-state index contributed by atoms with van der Waals surface area (Å²) in [5.41, 5.74) is 0. The van der Waals surface area contributed by atoms with E-state index in [4.69, 9.17) is 0 Å². The molecule has 1 unspecified atom stereocenters. The van der Waals surface area contributed by atoms with Crippen LogP contribution in [0.3, 0.4) is 0 Å². The third-order valence-electron chi connectivity index (χ3n) is 2.64. The molecule has 0 radical (unpaired) electrons. The maximum absolute atomic E-state index is 3.64. The third kappa shape index (κ3) is 7.34. The first-order valence-electron chi connectivity index (χ1n) is 5.96. The van der Waals surface area contributed by atoms with Crippen LogP contribution in [0, 0.1) is 5.92 Å². The van der Waals surface area contributed by atoms with Crippen LogP contribution >= 0.6 is 0 Å². The number of unbranched alkanes of at least 4 members (excludes halogenated alkanes) is 1. The first-order chi connectivity index (χ1) is 6.57. The van der Waals surface area contributed by atoms with E-state index in [1.807, 2.05) is 0 Å². The molecule has 0 rings (SSSR count). The Morgan fingerprint density at radius 2 is 1.86 bits per heavy atom. The van der Waals surface area contributed by atoms with Gasteiger partial charge in [-0.2, -0.15) is 0 Å². The van der Waals surface area contributed by atoms with Crippen molar-refractivity contribution in [2.45, 2.75) is 46.1 Å². The highest BCUT2D eigenvalue weighted by Crippen LogP contribution is 2.09. The van der Waals surface area contributed by atoms with Crippen molar-refractivity contribution in [3.63, 3.8) is 0 Å².